The topological polar surface area (TPSA) is 80.9 Å². The smallest absolute Gasteiger partial charge is 0.348 e. The van der Waals surface area contributed by atoms with Gasteiger partial charge in [-0.3, -0.25) is 9.36 Å². The largest absolute Gasteiger partial charge is 0.507 e. The molecule has 1 aromatic heterocycles. The maximum Gasteiger partial charge on any atom is 0.348 e. The van der Waals surface area contributed by atoms with Crippen molar-refractivity contribution in [2.45, 2.75) is 0 Å². The fourth-order valence-electron chi connectivity index (χ4n) is 3.01. The Kier molecular flexibility index (Phi) is 4.97. The van der Waals surface area contributed by atoms with Crippen LogP contribution < -0.4 is 10.4 Å². The van der Waals surface area contributed by atoms with Crippen molar-refractivity contribution < 1.29 is 14.6 Å². The summed E-state index contributed by atoms with van der Waals surface area (Å²) in [5.41, 5.74) is 0.810. The van der Waals surface area contributed by atoms with Gasteiger partial charge in [0.2, 0.25) is 0 Å². The molecule has 0 saturated carbocycles. The van der Waals surface area contributed by atoms with Crippen LogP contribution >= 0.6 is 11.3 Å². The molecular formula is C22H16N2O4S. The highest BCUT2D eigenvalue weighted by molar-refractivity contribution is 7.11. The summed E-state index contributed by atoms with van der Waals surface area (Å²) in [5.74, 6) is -0.452. The van der Waals surface area contributed by atoms with Crippen molar-refractivity contribution in [2.75, 3.05) is 7.11 Å². The molecule has 7 heteroatoms. The van der Waals surface area contributed by atoms with Crippen LogP contribution in [0.4, 0.5) is 5.69 Å². The van der Waals surface area contributed by atoms with Gasteiger partial charge in [0.15, 0.2) is 4.80 Å². The number of aromatic hydroxyl groups is 1. The third-order valence-electron chi connectivity index (χ3n) is 4.36. The Hall–Kier alpha value is -3.71. The van der Waals surface area contributed by atoms with Crippen LogP contribution in [-0.2, 0) is 4.74 Å². The molecule has 0 aliphatic carbocycles. The molecule has 4 rings (SSSR count). The minimum absolute atomic E-state index is 0.145. The van der Waals surface area contributed by atoms with Crippen LogP contribution in [0.25, 0.3) is 16.5 Å². The molecule has 1 N–H and O–H groups in total. The molecular weight excluding hydrogens is 388 g/mol. The number of para-hydroxylation sites is 1. The number of fused-ring (bicyclic) bond motifs is 1. The molecule has 6 nitrogen and oxygen atoms in total. The van der Waals surface area contributed by atoms with Crippen LogP contribution in [0.2, 0.25) is 0 Å². The molecule has 29 heavy (non-hydrogen) atoms. The molecule has 0 radical (unpaired) electrons. The maximum atomic E-state index is 12.9. The number of carbonyl (C=O) groups excluding carboxylic acids is 1. The van der Waals surface area contributed by atoms with Gasteiger partial charge in [-0.05, 0) is 24.3 Å². The molecule has 0 amide bonds. The third-order valence-corrected chi connectivity index (χ3v) is 5.32. The van der Waals surface area contributed by atoms with Crippen molar-refractivity contribution >= 4 is 33.8 Å². The number of nitrogens with zero attached hydrogens (tertiary/aromatic N) is 2. The second kappa shape index (κ2) is 7.73. The first kappa shape index (κ1) is 18.6. The van der Waals surface area contributed by atoms with Gasteiger partial charge in [-0.15, -0.1) is 0 Å². The van der Waals surface area contributed by atoms with Gasteiger partial charge in [-0.1, -0.05) is 53.8 Å². The van der Waals surface area contributed by atoms with Crippen molar-refractivity contribution in [1.29, 1.82) is 0 Å². The highest BCUT2D eigenvalue weighted by atomic mass is 32.1. The van der Waals surface area contributed by atoms with E-state index in [0.29, 0.717) is 21.6 Å². The van der Waals surface area contributed by atoms with E-state index in [1.165, 1.54) is 17.7 Å². The number of esters is 1. The quantitative estimate of drug-likeness (QED) is 0.527. The summed E-state index contributed by atoms with van der Waals surface area (Å²) >= 11 is 1.06. The van der Waals surface area contributed by atoms with Gasteiger partial charge in [0.05, 0.1) is 18.5 Å². The van der Waals surface area contributed by atoms with Gasteiger partial charge in [-0.25, -0.2) is 9.79 Å². The summed E-state index contributed by atoms with van der Waals surface area (Å²) in [6.07, 6.45) is 0. The molecule has 0 saturated heterocycles. The Morgan fingerprint density at radius 1 is 1.00 bits per heavy atom. The van der Waals surface area contributed by atoms with Crippen LogP contribution in [0.1, 0.15) is 9.67 Å². The highest BCUT2D eigenvalue weighted by Crippen LogP contribution is 2.31. The zero-order valence-electron chi connectivity index (χ0n) is 15.4. The number of hydrogen-bond acceptors (Lipinski definition) is 6. The Labute approximate surface area is 169 Å². The average Bonchev–Trinajstić information content (AvgIpc) is 2.74. The van der Waals surface area contributed by atoms with E-state index in [1.807, 2.05) is 24.3 Å². The van der Waals surface area contributed by atoms with E-state index in [4.69, 9.17) is 4.74 Å². The lowest BCUT2D eigenvalue weighted by atomic mass is 10.1. The number of hydrogen-bond donors (Lipinski definition) is 1. The first-order valence-electron chi connectivity index (χ1n) is 8.75. The number of benzene rings is 3. The number of rotatable bonds is 3. The van der Waals surface area contributed by atoms with Crippen molar-refractivity contribution in [3.8, 4) is 11.4 Å². The van der Waals surface area contributed by atoms with Gasteiger partial charge < -0.3 is 9.84 Å². The fraction of sp³-hybridized carbons (Fsp3) is 0.0455. The van der Waals surface area contributed by atoms with Gasteiger partial charge >= 0.3 is 5.97 Å². The third kappa shape index (κ3) is 3.55. The summed E-state index contributed by atoms with van der Waals surface area (Å²) in [7, 11) is 1.27. The fourth-order valence-corrected chi connectivity index (χ4v) is 3.96. The molecule has 0 atom stereocenters. The maximum absolute atomic E-state index is 12.9. The lowest BCUT2D eigenvalue weighted by Gasteiger charge is -2.08. The predicted molar refractivity (Wildman–Crippen MR) is 112 cm³/mol. The molecule has 144 valence electrons. The normalized spacial score (nSPS) is 11.6. The van der Waals surface area contributed by atoms with E-state index in [9.17, 15) is 14.7 Å². The Morgan fingerprint density at radius 3 is 2.48 bits per heavy atom. The Balaban J connectivity index is 2.07. The van der Waals surface area contributed by atoms with E-state index in [0.717, 1.165) is 16.7 Å². The number of phenolic OH excluding ortho intramolecular Hbond substituents is 1. The van der Waals surface area contributed by atoms with Crippen LogP contribution in [0.3, 0.4) is 0 Å². The van der Waals surface area contributed by atoms with Crippen LogP contribution in [-0.4, -0.2) is 22.8 Å². The van der Waals surface area contributed by atoms with Gasteiger partial charge in [0.1, 0.15) is 10.6 Å². The first-order chi connectivity index (χ1) is 14.1. The van der Waals surface area contributed by atoms with Gasteiger partial charge in [0.25, 0.3) is 5.56 Å². The predicted octanol–water partition coefficient (Wildman–Crippen LogP) is 3.78. The number of phenols is 1. The van der Waals surface area contributed by atoms with Crippen molar-refractivity contribution in [2.24, 2.45) is 4.99 Å². The molecule has 0 bridgehead atoms. The standard InChI is InChI=1S/C22H16N2O4S/c1-28-21(27)19-13-20(26)24(14-7-3-2-4-8-14)22(29-19)23-17-11-5-10-16-15(17)9-6-12-18(16)25/h2-13,25H,1H3. The minimum Gasteiger partial charge on any atom is -0.507 e. The SMILES string of the molecule is COC(=O)c1cc(=O)n(-c2ccccc2)c(=Nc2cccc3c(O)cccc23)s1. The second-order valence-corrected chi connectivity index (χ2v) is 7.16. The number of aromatic nitrogens is 1. The monoisotopic (exact) mass is 404 g/mol. The molecule has 4 aromatic rings. The van der Waals surface area contributed by atoms with Gasteiger partial charge in [0, 0.05) is 16.8 Å². The number of ether oxygens (including phenoxy) is 1. The van der Waals surface area contributed by atoms with Gasteiger partial charge in [-0.2, -0.15) is 0 Å². The highest BCUT2D eigenvalue weighted by Gasteiger charge is 2.13. The summed E-state index contributed by atoms with van der Waals surface area (Å²) in [6, 6.07) is 20.9. The minimum atomic E-state index is -0.598. The lowest BCUT2D eigenvalue weighted by molar-refractivity contribution is 0.0606. The Bertz CT molecular complexity index is 1340. The molecule has 0 fully saturated rings. The average molecular weight is 404 g/mol. The van der Waals surface area contributed by atoms with E-state index in [1.54, 1.807) is 42.5 Å². The van der Waals surface area contributed by atoms with Crippen LogP contribution in [0.15, 0.2) is 82.6 Å². The second-order valence-electron chi connectivity index (χ2n) is 6.16. The van der Waals surface area contributed by atoms with Crippen LogP contribution in [0.5, 0.6) is 5.75 Å². The molecule has 0 aliphatic heterocycles. The van der Waals surface area contributed by atoms with Crippen molar-refractivity contribution in [1.82, 2.24) is 4.57 Å². The zero-order chi connectivity index (χ0) is 20.4. The van der Waals surface area contributed by atoms with Crippen molar-refractivity contribution in [3.63, 3.8) is 0 Å². The Morgan fingerprint density at radius 2 is 1.72 bits per heavy atom. The summed E-state index contributed by atoms with van der Waals surface area (Å²) in [4.78, 5) is 30.1. The van der Waals surface area contributed by atoms with E-state index < -0.39 is 11.5 Å². The zero-order valence-corrected chi connectivity index (χ0v) is 16.2. The molecule has 1 heterocycles. The lowest BCUT2D eigenvalue weighted by Crippen LogP contribution is -2.31. The number of methoxy groups -OCH3 is 1. The van der Waals surface area contributed by atoms with Crippen molar-refractivity contribution in [3.05, 3.63) is 92.8 Å². The number of carbonyl (C=O) groups is 1. The van der Waals surface area contributed by atoms with E-state index >= 15 is 0 Å². The summed E-state index contributed by atoms with van der Waals surface area (Å²) < 4.78 is 6.22. The van der Waals surface area contributed by atoms with E-state index in [-0.39, 0.29) is 10.6 Å². The molecule has 0 unspecified atom stereocenters. The molecule has 3 aromatic carbocycles. The van der Waals surface area contributed by atoms with E-state index in [2.05, 4.69) is 4.99 Å². The van der Waals surface area contributed by atoms with Crippen LogP contribution in [0, 0.1) is 0 Å². The first-order valence-corrected chi connectivity index (χ1v) is 9.56. The molecule has 0 aliphatic rings. The summed E-state index contributed by atoms with van der Waals surface area (Å²) in [5, 5.41) is 11.5. The molecule has 0 spiro atoms. The summed E-state index contributed by atoms with van der Waals surface area (Å²) in [6.45, 7) is 0.